The highest BCUT2D eigenvalue weighted by atomic mass is 79.9. The molecule has 1 aromatic rings. The molecule has 0 aliphatic rings. The highest BCUT2D eigenvalue weighted by Gasteiger charge is 2.24. The number of ether oxygens (including phenoxy) is 1. The van der Waals surface area contributed by atoms with E-state index in [1.807, 2.05) is 21.7 Å². The number of amides is 1. The van der Waals surface area contributed by atoms with Crippen LogP contribution in [0.15, 0.2) is 16.7 Å². The number of halogens is 1. The molecule has 0 unspecified atom stereocenters. The fourth-order valence-corrected chi connectivity index (χ4v) is 3.06. The van der Waals surface area contributed by atoms with Gasteiger partial charge >= 0.3 is 0 Å². The minimum atomic E-state index is 0.0971. The van der Waals surface area contributed by atoms with Gasteiger partial charge in [-0.15, -0.1) is 0 Å². The van der Waals surface area contributed by atoms with Gasteiger partial charge in [-0.2, -0.15) is 0 Å². The lowest BCUT2D eigenvalue weighted by Gasteiger charge is -2.30. The molecule has 0 spiro atoms. The first-order valence-electron chi connectivity index (χ1n) is 7.74. The van der Waals surface area contributed by atoms with Gasteiger partial charge in [0.15, 0.2) is 0 Å². The van der Waals surface area contributed by atoms with E-state index in [0.717, 1.165) is 36.0 Å². The number of nitrogens with zero attached hydrogens (tertiary/aromatic N) is 2. The predicted molar refractivity (Wildman–Crippen MR) is 89.7 cm³/mol. The van der Waals surface area contributed by atoms with Crippen molar-refractivity contribution in [1.82, 2.24) is 9.47 Å². The topological polar surface area (TPSA) is 34.5 Å². The number of aromatic nitrogens is 1. The Morgan fingerprint density at radius 3 is 2.57 bits per heavy atom. The lowest BCUT2D eigenvalue weighted by molar-refractivity contribution is 0.0578. The van der Waals surface area contributed by atoms with Crippen molar-refractivity contribution in [1.29, 1.82) is 0 Å². The summed E-state index contributed by atoms with van der Waals surface area (Å²) in [5.74, 6) is 0.0971. The number of hydrogen-bond acceptors (Lipinski definition) is 2. The smallest absolute Gasteiger partial charge is 0.270 e. The van der Waals surface area contributed by atoms with Crippen molar-refractivity contribution in [2.75, 3.05) is 20.3 Å². The summed E-state index contributed by atoms with van der Waals surface area (Å²) in [6, 6.07) is 2.18. The van der Waals surface area contributed by atoms with E-state index < -0.39 is 0 Å². The normalized spacial score (nSPS) is 11.1. The summed E-state index contributed by atoms with van der Waals surface area (Å²) >= 11 is 3.48. The third-order valence-electron chi connectivity index (χ3n) is 3.73. The minimum absolute atomic E-state index is 0.0971. The van der Waals surface area contributed by atoms with Crippen molar-refractivity contribution in [2.45, 2.75) is 52.6 Å². The number of carbonyl (C=O) groups excluding carboxylic acids is 1. The van der Waals surface area contributed by atoms with E-state index in [-0.39, 0.29) is 11.9 Å². The maximum absolute atomic E-state index is 12.9. The molecule has 0 aliphatic carbocycles. The second kappa shape index (κ2) is 9.26. The lowest BCUT2D eigenvalue weighted by atomic mass is 10.1. The second-order valence-corrected chi connectivity index (χ2v) is 6.11. The molecule has 1 aromatic heterocycles. The van der Waals surface area contributed by atoms with Crippen molar-refractivity contribution in [3.05, 3.63) is 22.4 Å². The highest BCUT2D eigenvalue weighted by Crippen LogP contribution is 2.20. The van der Waals surface area contributed by atoms with E-state index in [1.165, 1.54) is 0 Å². The SMILES string of the molecule is CCCn1cc(Br)cc1C(=O)N(CCOC)C(CC)CC. The fraction of sp³-hybridized carbons (Fsp3) is 0.688. The first-order chi connectivity index (χ1) is 10.1. The average Bonchev–Trinajstić information content (AvgIpc) is 2.84. The van der Waals surface area contributed by atoms with E-state index in [0.29, 0.717) is 13.2 Å². The summed E-state index contributed by atoms with van der Waals surface area (Å²) in [7, 11) is 1.67. The van der Waals surface area contributed by atoms with E-state index in [1.54, 1.807) is 7.11 Å². The molecule has 0 bridgehead atoms. The number of methoxy groups -OCH3 is 1. The highest BCUT2D eigenvalue weighted by molar-refractivity contribution is 9.10. The van der Waals surface area contributed by atoms with Crippen molar-refractivity contribution in [3.8, 4) is 0 Å². The molecule has 5 heteroatoms. The van der Waals surface area contributed by atoms with E-state index in [4.69, 9.17) is 4.74 Å². The van der Waals surface area contributed by atoms with Gasteiger partial charge in [-0.3, -0.25) is 4.79 Å². The Labute approximate surface area is 136 Å². The van der Waals surface area contributed by atoms with Gasteiger partial charge in [-0.1, -0.05) is 20.8 Å². The van der Waals surface area contributed by atoms with Crippen LogP contribution in [0.4, 0.5) is 0 Å². The van der Waals surface area contributed by atoms with E-state index >= 15 is 0 Å². The Kier molecular flexibility index (Phi) is 8.04. The molecule has 0 aromatic carbocycles. The first kappa shape index (κ1) is 18.2. The van der Waals surface area contributed by atoms with Crippen LogP contribution in [0.3, 0.4) is 0 Å². The number of aryl methyl sites for hydroxylation is 1. The summed E-state index contributed by atoms with van der Waals surface area (Å²) in [6.45, 7) is 8.43. The Balaban J connectivity index is 3.03. The van der Waals surface area contributed by atoms with Crippen LogP contribution in [0.2, 0.25) is 0 Å². The summed E-state index contributed by atoms with van der Waals surface area (Å²) < 4.78 is 8.16. The third kappa shape index (κ3) is 4.85. The van der Waals surface area contributed by atoms with Crippen LogP contribution in [-0.2, 0) is 11.3 Å². The number of carbonyl (C=O) groups is 1. The molecule has 0 fully saturated rings. The molecule has 0 radical (unpaired) electrons. The maximum Gasteiger partial charge on any atom is 0.270 e. The standard InChI is InChI=1S/C16H27BrN2O2/c1-5-8-18-12-13(17)11-15(18)16(20)19(9-10-21-4)14(6-2)7-3/h11-12,14H,5-10H2,1-4H3. The quantitative estimate of drug-likeness (QED) is 0.669. The minimum Gasteiger partial charge on any atom is -0.383 e. The van der Waals surface area contributed by atoms with Crippen molar-refractivity contribution >= 4 is 21.8 Å². The molecule has 21 heavy (non-hydrogen) atoms. The number of rotatable bonds is 9. The van der Waals surface area contributed by atoms with Gasteiger partial charge in [0.1, 0.15) is 5.69 Å². The van der Waals surface area contributed by atoms with Gasteiger partial charge < -0.3 is 14.2 Å². The van der Waals surface area contributed by atoms with Gasteiger partial charge in [-0.05, 0) is 41.3 Å². The van der Waals surface area contributed by atoms with Crippen molar-refractivity contribution < 1.29 is 9.53 Å². The molecule has 0 saturated heterocycles. The predicted octanol–water partition coefficient (Wildman–Crippen LogP) is 3.94. The summed E-state index contributed by atoms with van der Waals surface area (Å²) in [5, 5.41) is 0. The molecule has 1 amide bonds. The molecule has 0 N–H and O–H groups in total. The van der Waals surface area contributed by atoms with Crippen LogP contribution in [0.25, 0.3) is 0 Å². The largest absolute Gasteiger partial charge is 0.383 e. The van der Waals surface area contributed by atoms with E-state index in [9.17, 15) is 4.79 Å². The Hall–Kier alpha value is -0.810. The van der Waals surface area contributed by atoms with Gasteiger partial charge in [0.25, 0.3) is 5.91 Å². The zero-order chi connectivity index (χ0) is 15.8. The first-order valence-corrected chi connectivity index (χ1v) is 8.53. The third-order valence-corrected chi connectivity index (χ3v) is 4.16. The molecule has 1 heterocycles. The van der Waals surface area contributed by atoms with Crippen LogP contribution in [-0.4, -0.2) is 41.7 Å². The molecule has 120 valence electrons. The average molecular weight is 359 g/mol. The van der Waals surface area contributed by atoms with Gasteiger partial charge in [-0.25, -0.2) is 0 Å². The molecule has 0 atom stereocenters. The van der Waals surface area contributed by atoms with Crippen LogP contribution in [0.5, 0.6) is 0 Å². The molecular formula is C16H27BrN2O2. The molecule has 4 nitrogen and oxygen atoms in total. The van der Waals surface area contributed by atoms with Crippen LogP contribution >= 0.6 is 15.9 Å². The molecule has 0 saturated carbocycles. The Morgan fingerprint density at radius 1 is 1.38 bits per heavy atom. The van der Waals surface area contributed by atoms with E-state index in [2.05, 4.69) is 36.7 Å². The van der Waals surface area contributed by atoms with Crippen molar-refractivity contribution in [2.24, 2.45) is 0 Å². The Bertz CT molecular complexity index is 441. The molecular weight excluding hydrogens is 332 g/mol. The summed E-state index contributed by atoms with van der Waals surface area (Å²) in [6.07, 6.45) is 4.91. The zero-order valence-corrected chi connectivity index (χ0v) is 15.1. The van der Waals surface area contributed by atoms with Gasteiger partial charge in [0.2, 0.25) is 0 Å². The molecule has 1 rings (SSSR count). The van der Waals surface area contributed by atoms with Crippen LogP contribution < -0.4 is 0 Å². The fourth-order valence-electron chi connectivity index (χ4n) is 2.60. The summed E-state index contributed by atoms with van der Waals surface area (Å²) in [5.41, 5.74) is 0.756. The lowest BCUT2D eigenvalue weighted by Crippen LogP contribution is -2.42. The number of hydrogen-bond donors (Lipinski definition) is 0. The maximum atomic E-state index is 12.9. The Morgan fingerprint density at radius 2 is 2.05 bits per heavy atom. The second-order valence-electron chi connectivity index (χ2n) is 5.20. The van der Waals surface area contributed by atoms with Crippen LogP contribution in [0, 0.1) is 0 Å². The zero-order valence-electron chi connectivity index (χ0n) is 13.6. The molecule has 0 aliphatic heterocycles. The van der Waals surface area contributed by atoms with Gasteiger partial charge in [0, 0.05) is 36.9 Å². The van der Waals surface area contributed by atoms with Gasteiger partial charge in [0.05, 0.1) is 6.61 Å². The monoisotopic (exact) mass is 358 g/mol. The van der Waals surface area contributed by atoms with Crippen molar-refractivity contribution in [3.63, 3.8) is 0 Å². The van der Waals surface area contributed by atoms with Crippen LogP contribution in [0.1, 0.15) is 50.5 Å². The summed E-state index contributed by atoms with van der Waals surface area (Å²) in [4.78, 5) is 14.9.